The first-order valence-electron chi connectivity index (χ1n) is 12.5. The van der Waals surface area contributed by atoms with E-state index in [4.69, 9.17) is 9.84 Å². The Kier molecular flexibility index (Phi) is 6.00. The summed E-state index contributed by atoms with van der Waals surface area (Å²) in [5.74, 6) is 3.60. The molecule has 0 aromatic heterocycles. The lowest BCUT2D eigenvalue weighted by atomic mass is 9.44. The molecule has 4 aliphatic carbocycles. The number of hydrogen-bond acceptors (Lipinski definition) is 3. The van der Waals surface area contributed by atoms with Crippen LogP contribution in [-0.4, -0.2) is 23.1 Å². The van der Waals surface area contributed by atoms with Crippen molar-refractivity contribution in [1.82, 2.24) is 0 Å². The smallest absolute Gasteiger partial charge is 0.303 e. The average molecular weight is 419 g/mol. The van der Waals surface area contributed by atoms with Crippen LogP contribution in [0.5, 0.6) is 0 Å². The van der Waals surface area contributed by atoms with E-state index in [2.05, 4.69) is 20.8 Å². The maximum atomic E-state index is 11.5. The second-order valence-electron chi connectivity index (χ2n) is 11.8. The molecule has 0 unspecified atom stereocenters. The molecule has 1 N–H and O–H groups in total. The number of aliphatic carboxylic acids is 1. The molecule has 4 heteroatoms. The van der Waals surface area contributed by atoms with Crippen LogP contribution in [0.15, 0.2) is 0 Å². The largest absolute Gasteiger partial charge is 0.481 e. The molecule has 0 amide bonds. The van der Waals surface area contributed by atoms with Gasteiger partial charge in [0.2, 0.25) is 0 Å². The minimum absolute atomic E-state index is 0.125. The zero-order valence-electron chi connectivity index (χ0n) is 19.5. The Morgan fingerprint density at radius 3 is 2.40 bits per heavy atom. The summed E-state index contributed by atoms with van der Waals surface area (Å²) in [5, 5.41) is 9.13. The SMILES string of the molecule is CC(=O)O[C@@H]1CC[C@@]2(C)[C@H](CC[C@@H]3[C@H]4CC[C@H]([C@H](C)CCC(=O)O)[C@@]4(C)CC[C@H]32)C1. The first-order chi connectivity index (χ1) is 14.1. The minimum Gasteiger partial charge on any atom is -0.481 e. The molecule has 0 saturated heterocycles. The number of rotatable bonds is 5. The molecule has 0 spiro atoms. The lowest BCUT2D eigenvalue weighted by Crippen LogP contribution is -2.54. The van der Waals surface area contributed by atoms with Gasteiger partial charge < -0.3 is 9.84 Å². The number of esters is 1. The Morgan fingerprint density at radius 1 is 1.00 bits per heavy atom. The van der Waals surface area contributed by atoms with E-state index in [-0.39, 0.29) is 12.1 Å². The molecule has 9 atom stereocenters. The lowest BCUT2D eigenvalue weighted by Gasteiger charge is -2.61. The van der Waals surface area contributed by atoms with Crippen molar-refractivity contribution in [1.29, 1.82) is 0 Å². The molecule has 0 aliphatic heterocycles. The molecule has 4 fully saturated rings. The molecular weight excluding hydrogens is 376 g/mol. The molecule has 4 saturated carbocycles. The Bertz CT molecular complexity index is 674. The van der Waals surface area contributed by atoms with Gasteiger partial charge in [0.1, 0.15) is 6.10 Å². The summed E-state index contributed by atoms with van der Waals surface area (Å²) in [4.78, 5) is 22.5. The molecule has 4 aliphatic rings. The highest BCUT2D eigenvalue weighted by atomic mass is 16.5. The van der Waals surface area contributed by atoms with Crippen molar-refractivity contribution >= 4 is 11.9 Å². The monoisotopic (exact) mass is 418 g/mol. The summed E-state index contributed by atoms with van der Waals surface area (Å²) < 4.78 is 5.61. The summed E-state index contributed by atoms with van der Waals surface area (Å²) in [7, 11) is 0. The topological polar surface area (TPSA) is 63.6 Å². The summed E-state index contributed by atoms with van der Waals surface area (Å²) in [5.41, 5.74) is 0.811. The zero-order valence-corrected chi connectivity index (χ0v) is 19.5. The van der Waals surface area contributed by atoms with E-state index >= 15 is 0 Å². The van der Waals surface area contributed by atoms with Gasteiger partial charge in [-0.3, -0.25) is 9.59 Å². The van der Waals surface area contributed by atoms with Gasteiger partial charge in [-0.1, -0.05) is 20.8 Å². The standard InChI is InChI=1S/C26H42O4/c1-16(5-10-24(28)29)21-8-9-22-20-7-6-18-15-19(30-17(2)27)11-13-25(18,3)23(20)12-14-26(21,22)4/h16,18-23H,5-15H2,1-4H3,(H,28,29)/t16-,18-,19-,20-,21-,22-,23-,25+,26-/m1/s1. The second-order valence-corrected chi connectivity index (χ2v) is 11.8. The van der Waals surface area contributed by atoms with Gasteiger partial charge in [0.25, 0.3) is 0 Å². The lowest BCUT2D eigenvalue weighted by molar-refractivity contribution is -0.160. The first kappa shape index (κ1) is 22.1. The van der Waals surface area contributed by atoms with E-state index in [0.29, 0.717) is 35.0 Å². The maximum absolute atomic E-state index is 11.5. The number of carbonyl (C=O) groups is 2. The zero-order chi connectivity index (χ0) is 21.7. The van der Waals surface area contributed by atoms with Crippen molar-refractivity contribution in [2.24, 2.45) is 46.3 Å². The fourth-order valence-corrected chi connectivity index (χ4v) is 9.09. The first-order valence-corrected chi connectivity index (χ1v) is 12.5. The van der Waals surface area contributed by atoms with Crippen LogP contribution >= 0.6 is 0 Å². The van der Waals surface area contributed by atoms with Crippen LogP contribution < -0.4 is 0 Å². The quantitative estimate of drug-likeness (QED) is 0.550. The molecule has 0 aromatic rings. The van der Waals surface area contributed by atoms with Crippen molar-refractivity contribution in [2.75, 3.05) is 0 Å². The van der Waals surface area contributed by atoms with Crippen LogP contribution in [0.1, 0.15) is 98.3 Å². The molecular formula is C26H42O4. The Labute approximate surface area is 182 Å². The predicted molar refractivity (Wildman–Crippen MR) is 117 cm³/mol. The van der Waals surface area contributed by atoms with E-state index in [0.717, 1.165) is 37.0 Å². The molecule has 0 bridgehead atoms. The van der Waals surface area contributed by atoms with Gasteiger partial charge in [-0.15, -0.1) is 0 Å². The van der Waals surface area contributed by atoms with Crippen molar-refractivity contribution in [3.63, 3.8) is 0 Å². The van der Waals surface area contributed by atoms with Gasteiger partial charge in [-0.25, -0.2) is 0 Å². The Balaban J connectivity index is 1.47. The number of carbonyl (C=O) groups excluding carboxylic acids is 1. The van der Waals surface area contributed by atoms with Gasteiger partial charge in [0.05, 0.1) is 0 Å². The highest BCUT2D eigenvalue weighted by Gasteiger charge is 2.60. The van der Waals surface area contributed by atoms with Crippen LogP contribution in [0.3, 0.4) is 0 Å². The third-order valence-electron chi connectivity index (χ3n) is 10.5. The number of hydrogen-bond donors (Lipinski definition) is 1. The van der Waals surface area contributed by atoms with Gasteiger partial charge in [0, 0.05) is 13.3 Å². The predicted octanol–water partition coefficient (Wildman–Crippen LogP) is 6.08. The minimum atomic E-state index is -0.652. The molecule has 4 rings (SSSR count). The van der Waals surface area contributed by atoms with Gasteiger partial charge >= 0.3 is 11.9 Å². The van der Waals surface area contributed by atoms with E-state index in [1.54, 1.807) is 6.92 Å². The van der Waals surface area contributed by atoms with E-state index in [1.165, 1.54) is 44.9 Å². The fraction of sp³-hybridized carbons (Fsp3) is 0.923. The van der Waals surface area contributed by atoms with Crippen LogP contribution in [0.4, 0.5) is 0 Å². The molecule has 4 nitrogen and oxygen atoms in total. The van der Waals surface area contributed by atoms with Crippen LogP contribution in [0, 0.1) is 46.3 Å². The normalized spacial score (nSPS) is 46.3. The Hall–Kier alpha value is -1.06. The van der Waals surface area contributed by atoms with Gasteiger partial charge in [-0.05, 0) is 111 Å². The number of carboxylic acids is 1. The third-order valence-corrected chi connectivity index (χ3v) is 10.5. The maximum Gasteiger partial charge on any atom is 0.303 e. The fourth-order valence-electron chi connectivity index (χ4n) is 9.09. The highest BCUT2D eigenvalue weighted by Crippen LogP contribution is 2.68. The van der Waals surface area contributed by atoms with Gasteiger partial charge in [0.15, 0.2) is 0 Å². The summed E-state index contributed by atoms with van der Waals surface area (Å²) in [6, 6.07) is 0. The molecule has 0 aromatic carbocycles. The van der Waals surface area contributed by atoms with E-state index < -0.39 is 5.97 Å². The van der Waals surface area contributed by atoms with Crippen LogP contribution in [0.25, 0.3) is 0 Å². The van der Waals surface area contributed by atoms with Gasteiger partial charge in [-0.2, -0.15) is 0 Å². The number of carboxylic acid groups (broad SMARTS) is 1. The van der Waals surface area contributed by atoms with E-state index in [9.17, 15) is 9.59 Å². The summed E-state index contributed by atoms with van der Waals surface area (Å²) >= 11 is 0. The molecule has 30 heavy (non-hydrogen) atoms. The Morgan fingerprint density at radius 2 is 1.70 bits per heavy atom. The van der Waals surface area contributed by atoms with Crippen molar-refractivity contribution in [3.8, 4) is 0 Å². The molecule has 0 radical (unpaired) electrons. The molecule has 0 heterocycles. The van der Waals surface area contributed by atoms with E-state index in [1.807, 2.05) is 0 Å². The molecule has 170 valence electrons. The van der Waals surface area contributed by atoms with Crippen LogP contribution in [0.2, 0.25) is 0 Å². The van der Waals surface area contributed by atoms with Crippen LogP contribution in [-0.2, 0) is 14.3 Å². The number of ether oxygens (including phenoxy) is 1. The highest BCUT2D eigenvalue weighted by molar-refractivity contribution is 5.66. The van der Waals surface area contributed by atoms with Crippen molar-refractivity contribution in [3.05, 3.63) is 0 Å². The number of fused-ring (bicyclic) bond motifs is 5. The third kappa shape index (κ3) is 3.71. The average Bonchev–Trinajstić information content (AvgIpc) is 3.03. The second kappa shape index (κ2) is 8.13. The van der Waals surface area contributed by atoms with Crippen molar-refractivity contribution in [2.45, 2.75) is 104 Å². The van der Waals surface area contributed by atoms with Crippen molar-refractivity contribution < 1.29 is 19.4 Å². The summed E-state index contributed by atoms with van der Waals surface area (Å²) in [6.45, 7) is 8.96. The summed E-state index contributed by atoms with van der Waals surface area (Å²) in [6.07, 6.45) is 12.5.